The van der Waals surface area contributed by atoms with Crippen molar-refractivity contribution in [3.63, 3.8) is 0 Å². The van der Waals surface area contributed by atoms with E-state index in [1.165, 1.54) is 4.90 Å². The highest BCUT2D eigenvalue weighted by atomic mass is 32.2. The smallest absolute Gasteiger partial charge is 0.416 e. The monoisotopic (exact) mass is 551 g/mol. The van der Waals surface area contributed by atoms with Crippen LogP contribution in [0.15, 0.2) is 23.1 Å². The van der Waals surface area contributed by atoms with Crippen LogP contribution >= 0.6 is 0 Å². The first-order valence-electron chi connectivity index (χ1n) is 11.6. The zero-order chi connectivity index (χ0) is 27.4. The van der Waals surface area contributed by atoms with Gasteiger partial charge in [0.2, 0.25) is 15.9 Å². The fourth-order valence-corrected chi connectivity index (χ4v) is 5.93. The second kappa shape index (κ2) is 11.2. The minimum Gasteiger partial charge on any atom is -0.450 e. The minimum absolute atomic E-state index is 0.00810. The van der Waals surface area contributed by atoms with Crippen LogP contribution in [0.2, 0.25) is 0 Å². The third-order valence-corrected chi connectivity index (χ3v) is 7.93. The van der Waals surface area contributed by atoms with Gasteiger partial charge in [-0.3, -0.25) is 14.9 Å². The molecule has 2 amide bonds. The van der Waals surface area contributed by atoms with Crippen LogP contribution in [0.5, 0.6) is 0 Å². The van der Waals surface area contributed by atoms with Gasteiger partial charge in [0, 0.05) is 25.2 Å². The molecule has 3 rings (SSSR count). The Morgan fingerprint density at radius 2 is 1.86 bits per heavy atom. The number of nitrogens with one attached hydrogen (secondary N) is 3. The van der Waals surface area contributed by atoms with E-state index in [1.54, 1.807) is 6.92 Å². The number of alkyl halides is 3. The van der Waals surface area contributed by atoms with E-state index in [0.29, 0.717) is 38.1 Å². The number of ether oxygens (including phenoxy) is 1. The number of sulfonamides is 1. The quantitative estimate of drug-likeness (QED) is 0.341. The van der Waals surface area contributed by atoms with Crippen LogP contribution in [-0.4, -0.2) is 74.6 Å². The molecule has 1 aromatic carbocycles. The number of carbonyl (C=O) groups excluding carboxylic acids is 2. The van der Waals surface area contributed by atoms with Gasteiger partial charge in [-0.2, -0.15) is 17.9 Å². The Bertz CT molecular complexity index is 1130. The van der Waals surface area contributed by atoms with Crippen molar-refractivity contribution < 1.29 is 40.8 Å². The van der Waals surface area contributed by atoms with E-state index in [0.717, 1.165) is 0 Å². The predicted molar refractivity (Wildman–Crippen MR) is 123 cm³/mol. The van der Waals surface area contributed by atoms with Gasteiger partial charge in [0.05, 0.1) is 17.1 Å². The molecule has 16 heteroatoms. The lowest BCUT2D eigenvalue weighted by Crippen LogP contribution is -2.64. The average Bonchev–Trinajstić information content (AvgIpc) is 2.84. The molecule has 2 saturated heterocycles. The molecule has 2 fully saturated rings. The van der Waals surface area contributed by atoms with Crippen molar-refractivity contribution in [2.45, 2.75) is 55.3 Å². The predicted octanol–water partition coefficient (Wildman–Crippen LogP) is 1.75. The molecule has 2 aliphatic heterocycles. The summed E-state index contributed by atoms with van der Waals surface area (Å²) in [4.78, 5) is 36.0. The molecule has 0 saturated carbocycles. The maximum Gasteiger partial charge on any atom is 0.416 e. The largest absolute Gasteiger partial charge is 0.450 e. The van der Waals surface area contributed by atoms with Crippen molar-refractivity contribution in [3.05, 3.63) is 33.9 Å². The number of likely N-dealkylation sites (tertiary alicyclic amines) is 1. The summed E-state index contributed by atoms with van der Waals surface area (Å²) < 4.78 is 72.8. The Hall–Kier alpha value is -2.98. The molecule has 0 unspecified atom stereocenters. The molecule has 1 aromatic rings. The van der Waals surface area contributed by atoms with Gasteiger partial charge in [0.15, 0.2) is 4.90 Å². The van der Waals surface area contributed by atoms with Gasteiger partial charge in [-0.1, -0.05) is 0 Å². The lowest BCUT2D eigenvalue weighted by atomic mass is 9.88. The van der Waals surface area contributed by atoms with E-state index in [1.807, 2.05) is 0 Å². The van der Waals surface area contributed by atoms with Crippen molar-refractivity contribution in [2.75, 3.05) is 32.8 Å². The third-order valence-electron chi connectivity index (χ3n) is 6.35. The summed E-state index contributed by atoms with van der Waals surface area (Å²) in [6.07, 6.45) is -4.57. The fourth-order valence-electron chi connectivity index (χ4n) is 4.35. The summed E-state index contributed by atoms with van der Waals surface area (Å²) in [6, 6.07) is 0.741. The molecule has 0 aliphatic carbocycles. The zero-order valence-corrected chi connectivity index (χ0v) is 20.8. The lowest BCUT2D eigenvalue weighted by molar-refractivity contribution is -0.388. The first-order valence-corrected chi connectivity index (χ1v) is 13.1. The van der Waals surface area contributed by atoms with Crippen LogP contribution in [0.3, 0.4) is 0 Å². The number of carbonyl (C=O) groups is 2. The molecule has 3 N–H and O–H groups in total. The first-order chi connectivity index (χ1) is 17.3. The molecule has 0 aromatic heterocycles. The fraction of sp³-hybridized carbons (Fsp3) is 0.619. The Labute approximate surface area is 211 Å². The number of nitrogens with zero attached hydrogens (tertiary/aromatic N) is 2. The number of halogens is 3. The van der Waals surface area contributed by atoms with Crippen LogP contribution in [0.4, 0.5) is 23.7 Å². The van der Waals surface area contributed by atoms with Crippen molar-refractivity contribution >= 4 is 27.7 Å². The van der Waals surface area contributed by atoms with Gasteiger partial charge < -0.3 is 20.3 Å². The summed E-state index contributed by atoms with van der Waals surface area (Å²) in [5.74, 6) is -0.651. The highest BCUT2D eigenvalue weighted by Gasteiger charge is 2.45. The highest BCUT2D eigenvalue weighted by Crippen LogP contribution is 2.35. The van der Waals surface area contributed by atoms with Crippen LogP contribution in [-0.2, 0) is 25.7 Å². The molecule has 206 valence electrons. The number of amides is 2. The Morgan fingerprint density at radius 1 is 1.24 bits per heavy atom. The summed E-state index contributed by atoms with van der Waals surface area (Å²) in [6.45, 7) is 3.06. The Kier molecular flexibility index (Phi) is 8.64. The summed E-state index contributed by atoms with van der Waals surface area (Å²) >= 11 is 0. The SMILES string of the molecule is CCOC(=O)N1CCC(NC(=O)C2(NS(=O)(=O)c3ccc(C(F)(F)F)cc3[N+](=O)[O-])CCNCC2)CC1. The van der Waals surface area contributed by atoms with Gasteiger partial charge >= 0.3 is 12.3 Å². The van der Waals surface area contributed by atoms with E-state index in [4.69, 9.17) is 4.74 Å². The van der Waals surface area contributed by atoms with Crippen LogP contribution in [0, 0.1) is 10.1 Å². The Morgan fingerprint density at radius 3 is 2.41 bits per heavy atom. The number of nitro benzene ring substituents is 1. The maximum atomic E-state index is 13.4. The Balaban J connectivity index is 1.82. The van der Waals surface area contributed by atoms with E-state index < -0.39 is 54.8 Å². The van der Waals surface area contributed by atoms with Crippen molar-refractivity contribution in [2.24, 2.45) is 0 Å². The van der Waals surface area contributed by atoms with E-state index in [2.05, 4.69) is 15.4 Å². The van der Waals surface area contributed by atoms with Gasteiger partial charge in [-0.05, 0) is 57.8 Å². The number of hydrogen-bond donors (Lipinski definition) is 3. The topological polar surface area (TPSA) is 160 Å². The van der Waals surface area contributed by atoms with E-state index >= 15 is 0 Å². The molecule has 0 bridgehead atoms. The summed E-state index contributed by atoms with van der Waals surface area (Å²) in [5, 5.41) is 17.3. The molecule has 2 aliphatic rings. The van der Waals surface area contributed by atoms with E-state index in [-0.39, 0.29) is 44.6 Å². The zero-order valence-electron chi connectivity index (χ0n) is 20.0. The van der Waals surface area contributed by atoms with Crippen molar-refractivity contribution in [1.29, 1.82) is 0 Å². The molecular weight excluding hydrogens is 523 g/mol. The van der Waals surface area contributed by atoms with E-state index in [9.17, 15) is 41.3 Å². The van der Waals surface area contributed by atoms with Gasteiger partial charge in [-0.15, -0.1) is 0 Å². The molecule has 37 heavy (non-hydrogen) atoms. The lowest BCUT2D eigenvalue weighted by Gasteiger charge is -2.39. The van der Waals surface area contributed by atoms with Gasteiger partial charge in [0.1, 0.15) is 5.54 Å². The van der Waals surface area contributed by atoms with Crippen LogP contribution < -0.4 is 15.4 Å². The second-order valence-corrected chi connectivity index (χ2v) is 10.5. The summed E-state index contributed by atoms with van der Waals surface area (Å²) in [7, 11) is -4.79. The molecule has 12 nitrogen and oxygen atoms in total. The summed E-state index contributed by atoms with van der Waals surface area (Å²) in [5.41, 5.74) is -4.31. The molecule has 0 radical (unpaired) electrons. The minimum atomic E-state index is -4.92. The maximum absolute atomic E-state index is 13.4. The highest BCUT2D eigenvalue weighted by molar-refractivity contribution is 7.89. The molecular formula is C21H28F3N5O7S. The third kappa shape index (κ3) is 6.67. The van der Waals surface area contributed by atoms with Crippen molar-refractivity contribution in [1.82, 2.24) is 20.3 Å². The van der Waals surface area contributed by atoms with Crippen LogP contribution in [0.1, 0.15) is 38.2 Å². The number of nitro groups is 1. The first kappa shape index (κ1) is 28.6. The van der Waals surface area contributed by atoms with Crippen molar-refractivity contribution in [3.8, 4) is 0 Å². The average molecular weight is 552 g/mol. The molecule has 0 spiro atoms. The molecule has 2 heterocycles. The molecule has 0 atom stereocenters. The second-order valence-electron chi connectivity index (χ2n) is 8.81. The number of piperidine rings is 2. The number of benzene rings is 1. The van der Waals surface area contributed by atoms with Crippen LogP contribution in [0.25, 0.3) is 0 Å². The van der Waals surface area contributed by atoms with Gasteiger partial charge in [0.25, 0.3) is 5.69 Å². The van der Waals surface area contributed by atoms with Gasteiger partial charge in [-0.25, -0.2) is 13.2 Å². The normalized spacial score (nSPS) is 18.8. The number of rotatable bonds is 7. The standard InChI is InChI=1S/C21H28F3N5O7S/c1-2-36-19(31)28-11-5-15(6-12-28)26-18(30)20(7-9-25-10-8-20)27-37(34,35)17-4-3-14(21(22,23)24)13-16(17)29(32)33/h3-4,13,15,25,27H,2,5-12H2,1H3,(H,26,30). The number of hydrogen-bond acceptors (Lipinski definition) is 8.